The highest BCUT2D eigenvalue weighted by atomic mass is 127. The van der Waals surface area contributed by atoms with Gasteiger partial charge in [-0.3, -0.25) is 4.99 Å². The van der Waals surface area contributed by atoms with Crippen molar-refractivity contribution in [2.24, 2.45) is 4.99 Å². The van der Waals surface area contributed by atoms with Gasteiger partial charge in [0.1, 0.15) is 0 Å². The molecule has 1 unspecified atom stereocenters. The van der Waals surface area contributed by atoms with Crippen LogP contribution in [0.3, 0.4) is 0 Å². The van der Waals surface area contributed by atoms with Crippen LogP contribution in [0.4, 0.5) is 0 Å². The Labute approximate surface area is 146 Å². The topological polar surface area (TPSA) is 36.4 Å². The van der Waals surface area contributed by atoms with Crippen molar-refractivity contribution >= 4 is 29.9 Å². The van der Waals surface area contributed by atoms with E-state index in [1.165, 1.54) is 30.4 Å². The van der Waals surface area contributed by atoms with E-state index < -0.39 is 0 Å². The molecule has 2 rings (SSSR count). The van der Waals surface area contributed by atoms with E-state index in [-0.39, 0.29) is 29.5 Å². The van der Waals surface area contributed by atoms with Crippen molar-refractivity contribution in [1.82, 2.24) is 10.6 Å². The van der Waals surface area contributed by atoms with Gasteiger partial charge in [-0.2, -0.15) is 0 Å². The zero-order valence-corrected chi connectivity index (χ0v) is 15.9. The third kappa shape index (κ3) is 5.49. The molecule has 3 nitrogen and oxygen atoms in total. The first-order valence-corrected chi connectivity index (χ1v) is 7.56. The number of rotatable bonds is 2. The first-order chi connectivity index (χ1) is 9.49. The molecule has 0 fully saturated rings. The van der Waals surface area contributed by atoms with Crippen molar-refractivity contribution in [3.05, 3.63) is 35.4 Å². The second-order valence-corrected chi connectivity index (χ2v) is 6.62. The first kappa shape index (κ1) is 18.3. The SMILES string of the molecule is CN=C(NCC1CCCc2ccccc21)NC(C)(C)C.I. The molecule has 2 N–H and O–H groups in total. The minimum Gasteiger partial charge on any atom is -0.356 e. The van der Waals surface area contributed by atoms with E-state index in [1.54, 1.807) is 0 Å². The number of halogens is 1. The lowest BCUT2D eigenvalue weighted by Gasteiger charge is -2.28. The molecule has 0 aromatic heterocycles. The second kappa shape index (κ2) is 8.01. The van der Waals surface area contributed by atoms with E-state index in [9.17, 15) is 0 Å². The average molecular weight is 401 g/mol. The molecule has 1 atom stereocenters. The number of aliphatic imine (C=N–C) groups is 1. The molecule has 0 saturated heterocycles. The summed E-state index contributed by atoms with van der Waals surface area (Å²) >= 11 is 0. The summed E-state index contributed by atoms with van der Waals surface area (Å²) in [4.78, 5) is 4.31. The molecule has 1 aliphatic carbocycles. The van der Waals surface area contributed by atoms with Crippen LogP contribution >= 0.6 is 24.0 Å². The third-order valence-electron chi connectivity index (χ3n) is 3.73. The molecule has 1 aromatic rings. The Morgan fingerprint density at radius 1 is 1.29 bits per heavy atom. The molecule has 0 heterocycles. The van der Waals surface area contributed by atoms with E-state index in [0.29, 0.717) is 5.92 Å². The largest absolute Gasteiger partial charge is 0.356 e. The van der Waals surface area contributed by atoms with Gasteiger partial charge in [0, 0.05) is 25.0 Å². The van der Waals surface area contributed by atoms with Crippen LogP contribution in [0.2, 0.25) is 0 Å². The summed E-state index contributed by atoms with van der Waals surface area (Å²) in [5.74, 6) is 1.49. The minimum absolute atomic E-state index is 0. The predicted octanol–water partition coefficient (Wildman–Crippen LogP) is 3.69. The van der Waals surface area contributed by atoms with Crippen LogP contribution in [0.15, 0.2) is 29.3 Å². The van der Waals surface area contributed by atoms with Crippen LogP contribution in [-0.4, -0.2) is 25.1 Å². The van der Waals surface area contributed by atoms with E-state index in [0.717, 1.165) is 12.5 Å². The normalized spacial score (nSPS) is 18.5. The van der Waals surface area contributed by atoms with Crippen molar-refractivity contribution in [3.8, 4) is 0 Å². The maximum atomic E-state index is 4.31. The Balaban J connectivity index is 0.00000220. The number of nitrogens with one attached hydrogen (secondary N) is 2. The standard InChI is InChI=1S/C17H27N3.HI/c1-17(2,3)20-16(18-4)19-12-14-10-7-9-13-8-5-6-11-15(13)14;/h5-6,8,11,14H,7,9-10,12H2,1-4H3,(H2,18,19,20);1H. The molecule has 118 valence electrons. The zero-order valence-electron chi connectivity index (χ0n) is 13.6. The summed E-state index contributed by atoms with van der Waals surface area (Å²) in [5, 5.41) is 6.88. The zero-order chi connectivity index (χ0) is 14.6. The van der Waals surface area contributed by atoms with Crippen LogP contribution < -0.4 is 10.6 Å². The van der Waals surface area contributed by atoms with E-state index >= 15 is 0 Å². The lowest BCUT2D eigenvalue weighted by molar-refractivity contribution is 0.491. The number of aryl methyl sites for hydroxylation is 1. The lowest BCUT2D eigenvalue weighted by Crippen LogP contribution is -2.48. The molecule has 0 saturated carbocycles. The van der Waals surface area contributed by atoms with Gasteiger partial charge in [0.25, 0.3) is 0 Å². The molecule has 4 heteroatoms. The average Bonchev–Trinajstić information content (AvgIpc) is 2.42. The third-order valence-corrected chi connectivity index (χ3v) is 3.73. The molecule has 0 radical (unpaired) electrons. The number of hydrogen-bond donors (Lipinski definition) is 2. The second-order valence-electron chi connectivity index (χ2n) is 6.62. The molecular weight excluding hydrogens is 373 g/mol. The summed E-state index contributed by atoms with van der Waals surface area (Å²) in [5.41, 5.74) is 3.06. The van der Waals surface area contributed by atoms with Crippen LogP contribution in [0.1, 0.15) is 50.7 Å². The highest BCUT2D eigenvalue weighted by Crippen LogP contribution is 2.30. The first-order valence-electron chi connectivity index (χ1n) is 7.56. The van der Waals surface area contributed by atoms with Crippen LogP contribution in [0, 0.1) is 0 Å². The molecule has 21 heavy (non-hydrogen) atoms. The van der Waals surface area contributed by atoms with Crippen molar-refractivity contribution < 1.29 is 0 Å². The van der Waals surface area contributed by atoms with E-state index in [4.69, 9.17) is 0 Å². The molecule has 1 aliphatic rings. The van der Waals surface area contributed by atoms with Crippen molar-refractivity contribution in [1.29, 1.82) is 0 Å². The Kier molecular flexibility index (Phi) is 6.97. The Bertz CT molecular complexity index is 477. The van der Waals surface area contributed by atoms with Gasteiger partial charge >= 0.3 is 0 Å². The molecule has 0 aliphatic heterocycles. The minimum atomic E-state index is 0. The summed E-state index contributed by atoms with van der Waals surface area (Å²) in [7, 11) is 1.83. The smallest absolute Gasteiger partial charge is 0.191 e. The number of guanidine groups is 1. The van der Waals surface area contributed by atoms with E-state index in [1.807, 2.05) is 7.05 Å². The maximum absolute atomic E-state index is 4.31. The molecule has 0 spiro atoms. The van der Waals surface area contributed by atoms with Crippen molar-refractivity contribution in [3.63, 3.8) is 0 Å². The fraction of sp³-hybridized carbons (Fsp3) is 0.588. The van der Waals surface area contributed by atoms with Gasteiger partial charge in [0.2, 0.25) is 0 Å². The highest BCUT2D eigenvalue weighted by Gasteiger charge is 2.20. The Morgan fingerprint density at radius 3 is 2.67 bits per heavy atom. The summed E-state index contributed by atoms with van der Waals surface area (Å²) in [6, 6.07) is 8.85. The van der Waals surface area contributed by atoms with Gasteiger partial charge in [-0.05, 0) is 51.2 Å². The Hall–Kier alpha value is -0.780. The van der Waals surface area contributed by atoms with Crippen LogP contribution in [0.25, 0.3) is 0 Å². The van der Waals surface area contributed by atoms with E-state index in [2.05, 4.69) is 60.7 Å². The molecule has 0 amide bonds. The fourth-order valence-corrected chi connectivity index (χ4v) is 2.82. The molecule has 0 bridgehead atoms. The summed E-state index contributed by atoms with van der Waals surface area (Å²) in [6.45, 7) is 7.40. The number of nitrogens with zero attached hydrogens (tertiary/aromatic N) is 1. The monoisotopic (exact) mass is 401 g/mol. The summed E-state index contributed by atoms with van der Waals surface area (Å²) in [6.07, 6.45) is 3.77. The fourth-order valence-electron chi connectivity index (χ4n) is 2.82. The van der Waals surface area contributed by atoms with Gasteiger partial charge in [0.05, 0.1) is 0 Å². The molecular formula is C17H28IN3. The quantitative estimate of drug-likeness (QED) is 0.451. The number of fused-ring (bicyclic) bond motifs is 1. The van der Waals surface area contributed by atoms with Crippen molar-refractivity contribution in [2.75, 3.05) is 13.6 Å². The predicted molar refractivity (Wildman–Crippen MR) is 102 cm³/mol. The van der Waals surface area contributed by atoms with Crippen LogP contribution in [0.5, 0.6) is 0 Å². The summed E-state index contributed by atoms with van der Waals surface area (Å²) < 4.78 is 0. The van der Waals surface area contributed by atoms with Gasteiger partial charge in [-0.1, -0.05) is 24.3 Å². The lowest BCUT2D eigenvalue weighted by atomic mass is 9.83. The molecule has 1 aromatic carbocycles. The maximum Gasteiger partial charge on any atom is 0.191 e. The van der Waals surface area contributed by atoms with Gasteiger partial charge in [-0.15, -0.1) is 24.0 Å². The van der Waals surface area contributed by atoms with Crippen molar-refractivity contribution in [2.45, 2.75) is 51.5 Å². The van der Waals surface area contributed by atoms with Crippen LogP contribution in [-0.2, 0) is 6.42 Å². The highest BCUT2D eigenvalue weighted by molar-refractivity contribution is 14.0. The van der Waals surface area contributed by atoms with Gasteiger partial charge in [0.15, 0.2) is 5.96 Å². The number of benzene rings is 1. The van der Waals surface area contributed by atoms with Gasteiger partial charge < -0.3 is 10.6 Å². The number of hydrogen-bond acceptors (Lipinski definition) is 1. The Morgan fingerprint density at radius 2 is 2.00 bits per heavy atom. The van der Waals surface area contributed by atoms with Gasteiger partial charge in [-0.25, -0.2) is 0 Å².